The van der Waals surface area contributed by atoms with Gasteiger partial charge in [0, 0.05) is 12.5 Å². The van der Waals surface area contributed by atoms with E-state index in [1.807, 2.05) is 0 Å². The predicted molar refractivity (Wildman–Crippen MR) is 69.8 cm³/mol. The molecule has 1 saturated carbocycles. The third kappa shape index (κ3) is 4.66. The third-order valence-corrected chi connectivity index (χ3v) is 4.21. The number of rotatable bonds is 4. The minimum atomic E-state index is 0.280. The molecule has 1 aliphatic carbocycles. The average Bonchev–Trinajstić information content (AvgIpc) is 2.39. The van der Waals surface area contributed by atoms with Crippen LogP contribution in [0.15, 0.2) is 0 Å². The molecule has 0 aromatic heterocycles. The first-order valence-electron chi connectivity index (χ1n) is 7.34. The van der Waals surface area contributed by atoms with Crippen LogP contribution >= 0.6 is 0 Å². The molecule has 1 heterocycles. The molecule has 0 radical (unpaired) electrons. The van der Waals surface area contributed by atoms with Crippen molar-refractivity contribution in [2.75, 3.05) is 13.1 Å². The highest BCUT2D eigenvalue weighted by Crippen LogP contribution is 2.27. The lowest BCUT2D eigenvalue weighted by Crippen LogP contribution is -2.42. The molecule has 3 nitrogen and oxygen atoms in total. The van der Waals surface area contributed by atoms with Crippen LogP contribution in [0.5, 0.6) is 0 Å². The lowest BCUT2D eigenvalue weighted by molar-refractivity contribution is -0.122. The Morgan fingerprint density at radius 3 is 2.47 bits per heavy atom. The molecule has 0 atom stereocenters. The average molecular weight is 238 g/mol. The van der Waals surface area contributed by atoms with E-state index in [1.165, 1.54) is 32.1 Å². The molecule has 2 aliphatic rings. The second-order valence-electron chi connectivity index (χ2n) is 5.63. The van der Waals surface area contributed by atoms with Crippen molar-refractivity contribution in [1.29, 1.82) is 0 Å². The molecule has 17 heavy (non-hydrogen) atoms. The van der Waals surface area contributed by atoms with Crippen molar-refractivity contribution in [2.45, 2.75) is 63.8 Å². The fourth-order valence-corrected chi connectivity index (χ4v) is 3.08. The van der Waals surface area contributed by atoms with Gasteiger partial charge in [0.1, 0.15) is 0 Å². The molecular weight excluding hydrogens is 212 g/mol. The van der Waals surface area contributed by atoms with Gasteiger partial charge in [0.15, 0.2) is 0 Å². The van der Waals surface area contributed by atoms with Crippen molar-refractivity contribution in [3.05, 3.63) is 0 Å². The van der Waals surface area contributed by atoms with Crippen molar-refractivity contribution in [2.24, 2.45) is 5.92 Å². The third-order valence-electron chi connectivity index (χ3n) is 4.21. The summed E-state index contributed by atoms with van der Waals surface area (Å²) < 4.78 is 0. The SMILES string of the molecule is O=C(CCC1CCCCC1)NC1CCNCC1. The Bertz CT molecular complexity index is 230. The zero-order valence-corrected chi connectivity index (χ0v) is 10.8. The minimum absolute atomic E-state index is 0.280. The summed E-state index contributed by atoms with van der Waals surface area (Å²) in [5.41, 5.74) is 0. The van der Waals surface area contributed by atoms with Gasteiger partial charge in [-0.25, -0.2) is 0 Å². The molecule has 0 unspecified atom stereocenters. The minimum Gasteiger partial charge on any atom is -0.353 e. The summed E-state index contributed by atoms with van der Waals surface area (Å²) in [4.78, 5) is 11.8. The van der Waals surface area contributed by atoms with E-state index in [4.69, 9.17) is 0 Å². The van der Waals surface area contributed by atoms with Gasteiger partial charge in [0.2, 0.25) is 5.91 Å². The van der Waals surface area contributed by atoms with E-state index < -0.39 is 0 Å². The Hall–Kier alpha value is -0.570. The molecule has 3 heteroatoms. The second-order valence-corrected chi connectivity index (χ2v) is 5.63. The smallest absolute Gasteiger partial charge is 0.220 e. The molecule has 0 bridgehead atoms. The molecule has 2 N–H and O–H groups in total. The quantitative estimate of drug-likeness (QED) is 0.788. The Balaban J connectivity index is 1.59. The van der Waals surface area contributed by atoms with Crippen LogP contribution in [0.1, 0.15) is 57.8 Å². The Labute approximate surface area is 105 Å². The van der Waals surface area contributed by atoms with Gasteiger partial charge in [-0.3, -0.25) is 4.79 Å². The van der Waals surface area contributed by atoms with Crippen molar-refractivity contribution in [3.63, 3.8) is 0 Å². The van der Waals surface area contributed by atoms with Crippen LogP contribution in [-0.2, 0) is 4.79 Å². The molecule has 2 fully saturated rings. The lowest BCUT2D eigenvalue weighted by atomic mass is 9.86. The zero-order valence-electron chi connectivity index (χ0n) is 10.8. The summed E-state index contributed by atoms with van der Waals surface area (Å²) in [6.07, 6.45) is 10.9. The molecule has 2 rings (SSSR count). The summed E-state index contributed by atoms with van der Waals surface area (Å²) in [6.45, 7) is 2.10. The number of carbonyl (C=O) groups is 1. The number of amides is 1. The van der Waals surface area contributed by atoms with Crippen molar-refractivity contribution in [3.8, 4) is 0 Å². The summed E-state index contributed by atoms with van der Waals surface area (Å²) in [5, 5.41) is 6.50. The van der Waals surface area contributed by atoms with Crippen molar-refractivity contribution in [1.82, 2.24) is 10.6 Å². The van der Waals surface area contributed by atoms with Gasteiger partial charge in [0.05, 0.1) is 0 Å². The van der Waals surface area contributed by atoms with Crippen LogP contribution in [0.3, 0.4) is 0 Å². The Morgan fingerprint density at radius 1 is 1.06 bits per heavy atom. The molecule has 1 saturated heterocycles. The van der Waals surface area contributed by atoms with Gasteiger partial charge >= 0.3 is 0 Å². The first kappa shape index (κ1) is 12.9. The summed E-state index contributed by atoms with van der Waals surface area (Å²) in [6, 6.07) is 0.426. The van der Waals surface area contributed by atoms with Crippen LogP contribution in [-0.4, -0.2) is 25.0 Å². The Morgan fingerprint density at radius 2 is 1.76 bits per heavy atom. The maximum Gasteiger partial charge on any atom is 0.220 e. The van der Waals surface area contributed by atoms with Gasteiger partial charge in [-0.15, -0.1) is 0 Å². The monoisotopic (exact) mass is 238 g/mol. The number of piperidine rings is 1. The van der Waals surface area contributed by atoms with E-state index in [0.717, 1.165) is 44.7 Å². The molecule has 1 aliphatic heterocycles. The van der Waals surface area contributed by atoms with Gasteiger partial charge in [-0.1, -0.05) is 32.1 Å². The first-order valence-corrected chi connectivity index (χ1v) is 7.34. The van der Waals surface area contributed by atoms with E-state index in [0.29, 0.717) is 6.04 Å². The highest BCUT2D eigenvalue weighted by molar-refractivity contribution is 5.76. The first-order chi connectivity index (χ1) is 8.34. The number of hydrogen-bond acceptors (Lipinski definition) is 2. The maximum atomic E-state index is 11.8. The van der Waals surface area contributed by atoms with Crippen LogP contribution < -0.4 is 10.6 Å². The topological polar surface area (TPSA) is 41.1 Å². The van der Waals surface area contributed by atoms with Gasteiger partial charge in [0.25, 0.3) is 0 Å². The summed E-state index contributed by atoms with van der Waals surface area (Å²) in [5.74, 6) is 1.10. The van der Waals surface area contributed by atoms with Gasteiger partial charge < -0.3 is 10.6 Å². The van der Waals surface area contributed by atoms with E-state index in [9.17, 15) is 4.79 Å². The summed E-state index contributed by atoms with van der Waals surface area (Å²) >= 11 is 0. The fraction of sp³-hybridized carbons (Fsp3) is 0.929. The molecule has 0 spiro atoms. The summed E-state index contributed by atoms with van der Waals surface area (Å²) in [7, 11) is 0. The van der Waals surface area contributed by atoms with Gasteiger partial charge in [-0.2, -0.15) is 0 Å². The van der Waals surface area contributed by atoms with Crippen LogP contribution in [0.2, 0.25) is 0 Å². The van der Waals surface area contributed by atoms with Crippen molar-refractivity contribution >= 4 is 5.91 Å². The van der Waals surface area contributed by atoms with E-state index in [-0.39, 0.29) is 5.91 Å². The molecule has 0 aromatic carbocycles. The van der Waals surface area contributed by atoms with Crippen molar-refractivity contribution < 1.29 is 4.79 Å². The lowest BCUT2D eigenvalue weighted by Gasteiger charge is -2.25. The molecular formula is C14H26N2O. The van der Waals surface area contributed by atoms with E-state index in [1.54, 1.807) is 0 Å². The van der Waals surface area contributed by atoms with Crippen LogP contribution in [0.4, 0.5) is 0 Å². The number of nitrogens with one attached hydrogen (secondary N) is 2. The van der Waals surface area contributed by atoms with E-state index >= 15 is 0 Å². The normalized spacial score (nSPS) is 23.5. The second kappa shape index (κ2) is 7.00. The zero-order chi connectivity index (χ0) is 11.9. The maximum absolute atomic E-state index is 11.8. The number of hydrogen-bond donors (Lipinski definition) is 2. The van der Waals surface area contributed by atoms with E-state index in [2.05, 4.69) is 10.6 Å². The Kier molecular flexibility index (Phi) is 5.30. The predicted octanol–water partition coefficient (Wildman–Crippen LogP) is 2.22. The largest absolute Gasteiger partial charge is 0.353 e. The molecule has 98 valence electrons. The highest BCUT2D eigenvalue weighted by atomic mass is 16.1. The standard InChI is InChI=1S/C14H26N2O/c17-14(16-13-8-10-15-11-9-13)7-6-12-4-2-1-3-5-12/h12-13,15H,1-11H2,(H,16,17). The van der Waals surface area contributed by atoms with Crippen LogP contribution in [0.25, 0.3) is 0 Å². The molecule has 1 amide bonds. The van der Waals surface area contributed by atoms with Crippen LogP contribution in [0, 0.1) is 5.92 Å². The fourth-order valence-electron chi connectivity index (χ4n) is 3.08. The highest BCUT2D eigenvalue weighted by Gasteiger charge is 2.17. The van der Waals surface area contributed by atoms with Gasteiger partial charge in [-0.05, 0) is 38.3 Å². The number of carbonyl (C=O) groups excluding carboxylic acids is 1. The molecule has 0 aromatic rings.